The molecule has 3 rings (SSSR count). The third-order valence-corrected chi connectivity index (χ3v) is 3.66. The van der Waals surface area contributed by atoms with E-state index in [1.54, 1.807) is 6.20 Å². The van der Waals surface area contributed by atoms with Crippen molar-refractivity contribution in [3.63, 3.8) is 0 Å². The zero-order chi connectivity index (χ0) is 15.4. The molecule has 3 heterocycles. The number of hydrogen-bond donors (Lipinski definition) is 1. The highest BCUT2D eigenvalue weighted by Gasteiger charge is 2.27. The molecule has 0 radical (unpaired) electrons. The summed E-state index contributed by atoms with van der Waals surface area (Å²) in [6.07, 6.45) is 4.70. The van der Waals surface area contributed by atoms with E-state index >= 15 is 0 Å². The quantitative estimate of drug-likeness (QED) is 0.878. The summed E-state index contributed by atoms with van der Waals surface area (Å²) in [6.45, 7) is 4.26. The van der Waals surface area contributed by atoms with Crippen molar-refractivity contribution in [3.05, 3.63) is 30.1 Å². The van der Waals surface area contributed by atoms with Crippen molar-refractivity contribution >= 4 is 5.91 Å². The number of carbonyl (C=O) groups is 1. The summed E-state index contributed by atoms with van der Waals surface area (Å²) in [5, 5.41) is 11.1. The second-order valence-corrected chi connectivity index (χ2v) is 5.35. The zero-order valence-electron chi connectivity index (χ0n) is 12.6. The highest BCUT2D eigenvalue weighted by molar-refractivity contribution is 5.76. The second-order valence-electron chi connectivity index (χ2n) is 5.35. The minimum Gasteiger partial charge on any atom is -0.366 e. The van der Waals surface area contributed by atoms with Crippen LogP contribution in [0.25, 0.3) is 0 Å². The Bertz CT molecular complexity index is 609. The lowest BCUT2D eigenvalue weighted by molar-refractivity contribution is -0.139. The molecular weight excluding hydrogens is 284 g/mol. The average Bonchev–Trinajstić information content (AvgIpc) is 3.19. The van der Waals surface area contributed by atoms with Gasteiger partial charge in [-0.1, -0.05) is 0 Å². The summed E-state index contributed by atoms with van der Waals surface area (Å²) in [5.41, 5.74) is 0. The van der Waals surface area contributed by atoms with Crippen molar-refractivity contribution in [2.75, 3.05) is 19.7 Å². The fraction of sp³-hybridized carbons (Fsp3) is 0.571. The van der Waals surface area contributed by atoms with E-state index in [1.165, 1.54) is 0 Å². The van der Waals surface area contributed by atoms with E-state index < -0.39 is 0 Å². The average molecular weight is 304 g/mol. The number of aryl methyl sites for hydroxylation is 2. The fourth-order valence-electron chi connectivity index (χ4n) is 2.52. The number of hydrogen-bond acceptors (Lipinski definition) is 5. The molecule has 2 aromatic heterocycles. The molecule has 1 aliphatic rings. The lowest BCUT2D eigenvalue weighted by Gasteiger charge is -2.31. The number of morpholine rings is 1. The van der Waals surface area contributed by atoms with E-state index in [0.29, 0.717) is 31.9 Å². The van der Waals surface area contributed by atoms with Crippen LogP contribution in [0.4, 0.5) is 0 Å². The number of aromatic nitrogens is 5. The van der Waals surface area contributed by atoms with Crippen LogP contribution >= 0.6 is 0 Å². The summed E-state index contributed by atoms with van der Waals surface area (Å²) in [7, 11) is 0. The van der Waals surface area contributed by atoms with E-state index in [1.807, 2.05) is 28.8 Å². The third kappa shape index (κ3) is 3.51. The van der Waals surface area contributed by atoms with Crippen LogP contribution in [0.5, 0.6) is 0 Å². The molecule has 0 aromatic carbocycles. The Morgan fingerprint density at radius 1 is 1.55 bits per heavy atom. The van der Waals surface area contributed by atoms with E-state index in [2.05, 4.69) is 20.3 Å². The van der Waals surface area contributed by atoms with Gasteiger partial charge in [0.05, 0.1) is 13.2 Å². The number of H-pyrrole nitrogens is 1. The van der Waals surface area contributed by atoms with Gasteiger partial charge in [0, 0.05) is 31.9 Å². The first kappa shape index (κ1) is 14.7. The Morgan fingerprint density at radius 3 is 3.18 bits per heavy atom. The van der Waals surface area contributed by atoms with Crippen molar-refractivity contribution < 1.29 is 9.53 Å². The van der Waals surface area contributed by atoms with Crippen LogP contribution in [0.2, 0.25) is 0 Å². The molecule has 0 saturated carbocycles. The maximum atomic E-state index is 12.3. The van der Waals surface area contributed by atoms with Gasteiger partial charge in [-0.05, 0) is 19.4 Å². The number of nitrogens with zero attached hydrogens (tertiary/aromatic N) is 5. The molecule has 1 atom stereocenters. The molecule has 118 valence electrons. The molecule has 1 saturated heterocycles. The number of aromatic amines is 1. The Kier molecular flexibility index (Phi) is 4.47. The van der Waals surface area contributed by atoms with Crippen LogP contribution in [0.1, 0.15) is 30.6 Å². The zero-order valence-corrected chi connectivity index (χ0v) is 12.6. The minimum atomic E-state index is -0.242. The Hall–Kier alpha value is -2.22. The smallest absolute Gasteiger partial charge is 0.222 e. The van der Waals surface area contributed by atoms with Crippen LogP contribution in [0.15, 0.2) is 18.5 Å². The van der Waals surface area contributed by atoms with Crippen LogP contribution in [-0.4, -0.2) is 55.5 Å². The molecule has 0 unspecified atom stereocenters. The van der Waals surface area contributed by atoms with Crippen molar-refractivity contribution in [1.82, 2.24) is 29.9 Å². The predicted molar refractivity (Wildman–Crippen MR) is 77.9 cm³/mol. The highest BCUT2D eigenvalue weighted by Crippen LogP contribution is 2.19. The maximum Gasteiger partial charge on any atom is 0.222 e. The van der Waals surface area contributed by atoms with E-state index in [0.717, 1.165) is 18.8 Å². The first-order valence-electron chi connectivity index (χ1n) is 7.48. The van der Waals surface area contributed by atoms with Crippen LogP contribution in [-0.2, 0) is 16.1 Å². The molecule has 2 aromatic rings. The van der Waals surface area contributed by atoms with Gasteiger partial charge in [-0.15, -0.1) is 0 Å². The Balaban J connectivity index is 1.49. The predicted octanol–water partition coefficient (Wildman–Crippen LogP) is 0.690. The number of amides is 1. The monoisotopic (exact) mass is 304 g/mol. The summed E-state index contributed by atoms with van der Waals surface area (Å²) < 4.78 is 7.51. The topological polar surface area (TPSA) is 88.9 Å². The van der Waals surface area contributed by atoms with Gasteiger partial charge in [0.15, 0.2) is 5.82 Å². The lowest BCUT2D eigenvalue weighted by atomic mass is 10.2. The second kappa shape index (κ2) is 6.69. The summed E-state index contributed by atoms with van der Waals surface area (Å²) >= 11 is 0. The van der Waals surface area contributed by atoms with Gasteiger partial charge in [-0.2, -0.15) is 10.2 Å². The van der Waals surface area contributed by atoms with Gasteiger partial charge in [-0.25, -0.2) is 4.98 Å². The minimum absolute atomic E-state index is 0.146. The first-order chi connectivity index (χ1) is 10.7. The van der Waals surface area contributed by atoms with Gasteiger partial charge < -0.3 is 9.64 Å². The van der Waals surface area contributed by atoms with Gasteiger partial charge in [0.1, 0.15) is 11.9 Å². The third-order valence-electron chi connectivity index (χ3n) is 3.66. The number of nitrogens with one attached hydrogen (secondary N) is 1. The SMILES string of the molecule is Cc1nc([C@@H]2CN(C(=O)CCCn3cccn3)CCO2)n[nH]1. The van der Waals surface area contributed by atoms with Gasteiger partial charge in [0.25, 0.3) is 0 Å². The van der Waals surface area contributed by atoms with Gasteiger partial charge in [-0.3, -0.25) is 14.6 Å². The summed E-state index contributed by atoms with van der Waals surface area (Å²) in [4.78, 5) is 18.4. The van der Waals surface area contributed by atoms with Crippen molar-refractivity contribution in [3.8, 4) is 0 Å². The maximum absolute atomic E-state index is 12.3. The van der Waals surface area contributed by atoms with E-state index in [4.69, 9.17) is 4.74 Å². The molecule has 0 spiro atoms. The van der Waals surface area contributed by atoms with Gasteiger partial charge in [0.2, 0.25) is 5.91 Å². The largest absolute Gasteiger partial charge is 0.366 e. The van der Waals surface area contributed by atoms with E-state index in [-0.39, 0.29) is 12.0 Å². The Labute approximate surface area is 128 Å². The van der Waals surface area contributed by atoms with Gasteiger partial charge >= 0.3 is 0 Å². The number of carbonyl (C=O) groups excluding carboxylic acids is 1. The molecule has 0 aliphatic carbocycles. The normalized spacial score (nSPS) is 18.6. The highest BCUT2D eigenvalue weighted by atomic mass is 16.5. The Morgan fingerprint density at radius 2 is 2.45 bits per heavy atom. The fourth-order valence-corrected chi connectivity index (χ4v) is 2.52. The van der Waals surface area contributed by atoms with Crippen molar-refractivity contribution in [2.45, 2.75) is 32.4 Å². The van der Waals surface area contributed by atoms with Crippen molar-refractivity contribution in [2.24, 2.45) is 0 Å². The molecule has 1 aliphatic heterocycles. The van der Waals surface area contributed by atoms with Crippen LogP contribution in [0, 0.1) is 6.92 Å². The molecular formula is C14H20N6O2. The van der Waals surface area contributed by atoms with E-state index in [9.17, 15) is 4.79 Å². The molecule has 22 heavy (non-hydrogen) atoms. The number of rotatable bonds is 5. The molecule has 1 N–H and O–H groups in total. The summed E-state index contributed by atoms with van der Waals surface area (Å²) in [6, 6.07) is 1.88. The first-order valence-corrected chi connectivity index (χ1v) is 7.48. The molecule has 0 bridgehead atoms. The lowest BCUT2D eigenvalue weighted by Crippen LogP contribution is -2.42. The van der Waals surface area contributed by atoms with Crippen LogP contribution in [0.3, 0.4) is 0 Å². The number of ether oxygens (including phenoxy) is 1. The molecule has 8 heteroatoms. The molecule has 1 amide bonds. The molecule has 8 nitrogen and oxygen atoms in total. The van der Waals surface area contributed by atoms with Crippen molar-refractivity contribution in [1.29, 1.82) is 0 Å². The molecule has 1 fully saturated rings. The standard InChI is InChI=1S/C14H20N6O2/c1-11-16-14(18-17-11)12-10-19(8-9-22-12)13(21)4-2-6-20-7-3-5-15-20/h3,5,7,12H,2,4,6,8-10H2,1H3,(H,16,17,18)/t12-/m0/s1. The van der Waals surface area contributed by atoms with Crippen LogP contribution < -0.4 is 0 Å². The summed E-state index contributed by atoms with van der Waals surface area (Å²) in [5.74, 6) is 1.51.